The molecule has 28 heavy (non-hydrogen) atoms. The van der Waals surface area contributed by atoms with E-state index < -0.39 is 9.84 Å². The Bertz CT molecular complexity index is 885. The molecule has 0 spiro atoms. The van der Waals surface area contributed by atoms with E-state index in [2.05, 4.69) is 20.9 Å². The lowest BCUT2D eigenvalue weighted by atomic mass is 10.1. The Balaban J connectivity index is 0.00000392. The molecule has 7 nitrogen and oxygen atoms in total. The van der Waals surface area contributed by atoms with Gasteiger partial charge in [0.15, 0.2) is 15.8 Å². The fourth-order valence-corrected chi connectivity index (χ4v) is 2.97. The Morgan fingerprint density at radius 2 is 1.64 bits per heavy atom. The van der Waals surface area contributed by atoms with Crippen LogP contribution >= 0.6 is 24.0 Å². The predicted molar refractivity (Wildman–Crippen MR) is 123 cm³/mol. The van der Waals surface area contributed by atoms with E-state index in [0.29, 0.717) is 23.8 Å². The van der Waals surface area contributed by atoms with Crippen LogP contribution in [0.5, 0.6) is 0 Å². The first-order chi connectivity index (χ1) is 12.9. The third kappa shape index (κ3) is 8.26. The molecule has 2 aromatic carbocycles. The van der Waals surface area contributed by atoms with Crippen molar-refractivity contribution in [2.45, 2.75) is 11.3 Å². The third-order valence-corrected chi connectivity index (χ3v) is 4.88. The second kappa shape index (κ2) is 11.6. The molecule has 0 aliphatic carbocycles. The standard InChI is InChI=1S/C19H24N4O3S.HI/c1-20-19(22-14-18(24)23-16-6-4-3-5-7-16)21-13-12-15-8-10-17(11-9-15)27(2,25)26;/h3-11H,12-14H2,1-2H3,(H,23,24)(H2,20,21,22);1H. The van der Waals surface area contributed by atoms with Crippen molar-refractivity contribution in [2.75, 3.05) is 31.7 Å². The highest BCUT2D eigenvalue weighted by atomic mass is 127. The lowest BCUT2D eigenvalue weighted by Crippen LogP contribution is -2.42. The second-order valence-electron chi connectivity index (χ2n) is 5.93. The lowest BCUT2D eigenvalue weighted by molar-refractivity contribution is -0.115. The molecule has 2 aromatic rings. The number of carbonyl (C=O) groups excluding carboxylic acids is 1. The highest BCUT2D eigenvalue weighted by molar-refractivity contribution is 14.0. The molecule has 2 rings (SSSR count). The molecule has 0 fully saturated rings. The summed E-state index contributed by atoms with van der Waals surface area (Å²) in [5.74, 6) is 0.353. The predicted octanol–water partition coefficient (Wildman–Crippen LogP) is 2.05. The molecule has 1 amide bonds. The van der Waals surface area contributed by atoms with Gasteiger partial charge in [-0.05, 0) is 36.2 Å². The molecule has 0 saturated carbocycles. The maximum atomic E-state index is 11.9. The maximum Gasteiger partial charge on any atom is 0.243 e. The number of amides is 1. The Labute approximate surface area is 183 Å². The minimum Gasteiger partial charge on any atom is -0.356 e. The zero-order valence-corrected chi connectivity index (χ0v) is 19.0. The van der Waals surface area contributed by atoms with E-state index in [1.807, 2.05) is 30.3 Å². The number of nitrogens with zero attached hydrogens (tertiary/aromatic N) is 1. The van der Waals surface area contributed by atoms with Crippen LogP contribution in [0.15, 0.2) is 64.5 Å². The van der Waals surface area contributed by atoms with Gasteiger partial charge in [0.05, 0.1) is 11.4 Å². The number of carbonyl (C=O) groups is 1. The summed E-state index contributed by atoms with van der Waals surface area (Å²) in [6, 6.07) is 16.0. The van der Waals surface area contributed by atoms with Gasteiger partial charge in [0.1, 0.15) is 0 Å². The SMILES string of the molecule is CN=C(NCCc1ccc(S(C)(=O)=O)cc1)NCC(=O)Nc1ccccc1.I. The Morgan fingerprint density at radius 1 is 1.00 bits per heavy atom. The largest absolute Gasteiger partial charge is 0.356 e. The number of anilines is 1. The van der Waals surface area contributed by atoms with E-state index in [4.69, 9.17) is 0 Å². The Morgan fingerprint density at radius 3 is 2.21 bits per heavy atom. The van der Waals surface area contributed by atoms with Gasteiger partial charge in [-0.2, -0.15) is 0 Å². The minimum atomic E-state index is -3.18. The minimum absolute atomic E-state index is 0. The Kier molecular flexibility index (Phi) is 9.94. The molecular weight excluding hydrogens is 491 g/mol. The van der Waals surface area contributed by atoms with Crippen molar-refractivity contribution in [3.8, 4) is 0 Å². The molecule has 0 saturated heterocycles. The van der Waals surface area contributed by atoms with Crippen LogP contribution in [-0.4, -0.2) is 46.7 Å². The van der Waals surface area contributed by atoms with Gasteiger partial charge in [-0.25, -0.2) is 8.42 Å². The van der Waals surface area contributed by atoms with E-state index in [9.17, 15) is 13.2 Å². The zero-order chi connectivity index (χ0) is 19.7. The van der Waals surface area contributed by atoms with Crippen LogP contribution < -0.4 is 16.0 Å². The number of nitrogens with one attached hydrogen (secondary N) is 3. The quantitative estimate of drug-likeness (QED) is 0.297. The molecule has 0 aliphatic rings. The number of benzene rings is 2. The van der Waals surface area contributed by atoms with Crippen LogP contribution in [0.3, 0.4) is 0 Å². The first kappa shape index (κ1) is 23.9. The molecule has 152 valence electrons. The number of halogens is 1. The third-order valence-electron chi connectivity index (χ3n) is 3.76. The molecule has 0 unspecified atom stereocenters. The molecular formula is C19H25IN4O3S. The molecule has 0 aromatic heterocycles. The fraction of sp³-hybridized carbons (Fsp3) is 0.263. The number of sulfone groups is 1. The summed E-state index contributed by atoms with van der Waals surface area (Å²) < 4.78 is 22.9. The van der Waals surface area contributed by atoms with Crippen molar-refractivity contribution in [3.05, 3.63) is 60.2 Å². The van der Waals surface area contributed by atoms with Crippen molar-refractivity contribution in [2.24, 2.45) is 4.99 Å². The second-order valence-corrected chi connectivity index (χ2v) is 7.95. The van der Waals surface area contributed by atoms with Crippen molar-refractivity contribution in [1.29, 1.82) is 0 Å². The number of hydrogen-bond acceptors (Lipinski definition) is 4. The van der Waals surface area contributed by atoms with E-state index in [1.54, 1.807) is 31.3 Å². The van der Waals surface area contributed by atoms with E-state index in [1.165, 1.54) is 6.26 Å². The Hall–Kier alpha value is -2.14. The summed E-state index contributed by atoms with van der Waals surface area (Å²) in [5, 5.41) is 8.86. The van der Waals surface area contributed by atoms with Crippen LogP contribution in [0.1, 0.15) is 5.56 Å². The highest BCUT2D eigenvalue weighted by Gasteiger charge is 2.07. The van der Waals surface area contributed by atoms with Crippen molar-refractivity contribution in [1.82, 2.24) is 10.6 Å². The molecule has 0 radical (unpaired) electrons. The van der Waals surface area contributed by atoms with Gasteiger partial charge in [-0.3, -0.25) is 9.79 Å². The molecule has 0 heterocycles. The number of hydrogen-bond donors (Lipinski definition) is 3. The average Bonchev–Trinajstić information content (AvgIpc) is 2.65. The summed E-state index contributed by atoms with van der Waals surface area (Å²) in [6.45, 7) is 0.690. The van der Waals surface area contributed by atoms with E-state index in [0.717, 1.165) is 11.3 Å². The van der Waals surface area contributed by atoms with Gasteiger partial charge in [0.25, 0.3) is 0 Å². The van der Waals surface area contributed by atoms with Gasteiger partial charge >= 0.3 is 0 Å². The van der Waals surface area contributed by atoms with Crippen molar-refractivity contribution >= 4 is 51.4 Å². The summed E-state index contributed by atoms with van der Waals surface area (Å²) in [5.41, 5.74) is 1.75. The fourth-order valence-electron chi connectivity index (χ4n) is 2.34. The molecule has 0 aliphatic heterocycles. The molecule has 9 heteroatoms. The van der Waals surface area contributed by atoms with Crippen LogP contribution in [0, 0.1) is 0 Å². The van der Waals surface area contributed by atoms with Crippen LogP contribution in [-0.2, 0) is 21.1 Å². The normalized spacial score (nSPS) is 11.3. The number of rotatable bonds is 7. The monoisotopic (exact) mass is 516 g/mol. The van der Waals surface area contributed by atoms with E-state index in [-0.39, 0.29) is 36.4 Å². The number of guanidine groups is 1. The zero-order valence-electron chi connectivity index (χ0n) is 15.8. The maximum absolute atomic E-state index is 11.9. The van der Waals surface area contributed by atoms with Crippen molar-refractivity contribution in [3.63, 3.8) is 0 Å². The number of para-hydroxylation sites is 1. The number of aliphatic imine (C=N–C) groups is 1. The van der Waals surface area contributed by atoms with Gasteiger partial charge in [-0.15, -0.1) is 24.0 Å². The van der Waals surface area contributed by atoms with Crippen LogP contribution in [0.2, 0.25) is 0 Å². The van der Waals surface area contributed by atoms with Gasteiger partial charge in [0, 0.05) is 25.5 Å². The topological polar surface area (TPSA) is 99.7 Å². The van der Waals surface area contributed by atoms with Crippen LogP contribution in [0.4, 0.5) is 5.69 Å². The summed E-state index contributed by atoms with van der Waals surface area (Å²) in [7, 11) is -1.55. The summed E-state index contributed by atoms with van der Waals surface area (Å²) in [6.07, 6.45) is 1.88. The van der Waals surface area contributed by atoms with Crippen LogP contribution in [0.25, 0.3) is 0 Å². The first-order valence-electron chi connectivity index (χ1n) is 8.47. The summed E-state index contributed by atoms with van der Waals surface area (Å²) in [4.78, 5) is 16.3. The van der Waals surface area contributed by atoms with E-state index >= 15 is 0 Å². The van der Waals surface area contributed by atoms with Gasteiger partial charge < -0.3 is 16.0 Å². The van der Waals surface area contributed by atoms with Gasteiger partial charge in [-0.1, -0.05) is 30.3 Å². The smallest absolute Gasteiger partial charge is 0.243 e. The molecule has 3 N–H and O–H groups in total. The highest BCUT2D eigenvalue weighted by Crippen LogP contribution is 2.10. The lowest BCUT2D eigenvalue weighted by Gasteiger charge is -2.12. The first-order valence-corrected chi connectivity index (χ1v) is 10.4. The summed E-state index contributed by atoms with van der Waals surface area (Å²) >= 11 is 0. The van der Waals surface area contributed by atoms with Crippen molar-refractivity contribution < 1.29 is 13.2 Å². The molecule has 0 bridgehead atoms. The molecule has 0 atom stereocenters. The van der Waals surface area contributed by atoms with Gasteiger partial charge in [0.2, 0.25) is 5.91 Å². The average molecular weight is 516 g/mol.